The molecule has 39 heavy (non-hydrogen) atoms. The second-order valence-electron chi connectivity index (χ2n) is 8.75. The maximum atomic E-state index is 14.5. The highest BCUT2D eigenvalue weighted by molar-refractivity contribution is 6.34. The number of benzene rings is 2. The van der Waals surface area contributed by atoms with E-state index in [1.807, 2.05) is 0 Å². The van der Waals surface area contributed by atoms with E-state index in [0.717, 1.165) is 25.1 Å². The third-order valence-corrected chi connectivity index (χ3v) is 6.59. The van der Waals surface area contributed by atoms with Gasteiger partial charge in [-0.05, 0) is 49.2 Å². The number of rotatable bonds is 5. The van der Waals surface area contributed by atoms with E-state index in [0.29, 0.717) is 0 Å². The first kappa shape index (κ1) is 29.1. The van der Waals surface area contributed by atoms with E-state index >= 15 is 0 Å². The average molecular weight is 607 g/mol. The normalized spacial score (nSPS) is 15.0. The second kappa shape index (κ2) is 9.61. The van der Waals surface area contributed by atoms with Crippen molar-refractivity contribution in [2.45, 2.75) is 43.1 Å². The number of aromatic nitrogens is 1. The monoisotopic (exact) mass is 606 g/mol. The zero-order chi connectivity index (χ0) is 29.1. The predicted molar refractivity (Wildman–Crippen MR) is 122 cm³/mol. The largest absolute Gasteiger partial charge is 0.435 e. The lowest BCUT2D eigenvalue weighted by atomic mass is 9.89. The van der Waals surface area contributed by atoms with Gasteiger partial charge in [0.2, 0.25) is 0 Å². The summed E-state index contributed by atoms with van der Waals surface area (Å²) in [7, 11) is 0. The van der Waals surface area contributed by atoms with Crippen molar-refractivity contribution in [3.05, 3.63) is 75.5 Å². The van der Waals surface area contributed by atoms with Crippen LogP contribution in [0.15, 0.2) is 48.8 Å². The van der Waals surface area contributed by atoms with Crippen LogP contribution in [0.3, 0.4) is 0 Å². The highest BCUT2D eigenvalue weighted by Gasteiger charge is 2.73. The smallest absolute Gasteiger partial charge is 0.349 e. The van der Waals surface area contributed by atoms with Crippen LogP contribution in [0, 0.1) is 0 Å². The van der Waals surface area contributed by atoms with Crippen molar-refractivity contribution in [3.63, 3.8) is 0 Å². The van der Waals surface area contributed by atoms with Crippen molar-refractivity contribution in [1.82, 2.24) is 9.88 Å². The highest BCUT2D eigenvalue weighted by Crippen LogP contribution is 2.55. The number of alkyl halides is 10. The lowest BCUT2D eigenvalue weighted by molar-refractivity contribution is -0.348. The van der Waals surface area contributed by atoms with Gasteiger partial charge in [0, 0.05) is 45.8 Å². The number of amides is 1. The first-order valence-corrected chi connectivity index (χ1v) is 11.6. The first-order valence-electron chi connectivity index (χ1n) is 10.9. The molecule has 0 bridgehead atoms. The van der Waals surface area contributed by atoms with Gasteiger partial charge in [-0.3, -0.25) is 4.79 Å². The van der Waals surface area contributed by atoms with E-state index in [9.17, 15) is 48.7 Å². The minimum atomic E-state index is -6.64. The fraction of sp³-hybridized carbons (Fsp3) is 0.292. The summed E-state index contributed by atoms with van der Waals surface area (Å²) in [6, 6.07) is 4.48. The molecular formula is C24H14Cl2F10N2O. The summed E-state index contributed by atoms with van der Waals surface area (Å²) in [5, 5.41) is 1.61. The fourth-order valence-corrected chi connectivity index (χ4v) is 4.39. The Morgan fingerprint density at radius 3 is 2.00 bits per heavy atom. The van der Waals surface area contributed by atoms with E-state index in [-0.39, 0.29) is 33.9 Å². The maximum Gasteiger partial charge on any atom is 0.435 e. The summed E-state index contributed by atoms with van der Waals surface area (Å²) in [6.45, 7) is 0. The maximum absolute atomic E-state index is 14.5. The lowest BCUT2D eigenvalue weighted by Gasteiger charge is -2.31. The molecule has 3 aromatic rings. The summed E-state index contributed by atoms with van der Waals surface area (Å²) >= 11 is 11.9. The van der Waals surface area contributed by atoms with E-state index < -0.39 is 57.9 Å². The van der Waals surface area contributed by atoms with Crippen molar-refractivity contribution in [3.8, 4) is 16.8 Å². The highest BCUT2D eigenvalue weighted by atomic mass is 35.5. The van der Waals surface area contributed by atoms with E-state index in [2.05, 4.69) is 5.32 Å². The molecule has 0 unspecified atom stereocenters. The molecule has 0 aliphatic heterocycles. The van der Waals surface area contributed by atoms with Crippen molar-refractivity contribution in [2.24, 2.45) is 0 Å². The molecule has 1 aliphatic rings. The molecule has 0 spiro atoms. The van der Waals surface area contributed by atoms with Gasteiger partial charge in [0.1, 0.15) is 0 Å². The van der Waals surface area contributed by atoms with Crippen LogP contribution in [0.2, 0.25) is 10.0 Å². The number of hydrogen-bond donors (Lipinski definition) is 1. The molecule has 4 rings (SSSR count). The van der Waals surface area contributed by atoms with E-state index in [1.165, 1.54) is 29.0 Å². The molecule has 0 atom stereocenters. The van der Waals surface area contributed by atoms with Crippen LogP contribution >= 0.6 is 23.2 Å². The Hall–Kier alpha value is -2.93. The van der Waals surface area contributed by atoms with E-state index in [1.54, 1.807) is 0 Å². The Balaban J connectivity index is 1.82. The molecule has 2 aromatic carbocycles. The van der Waals surface area contributed by atoms with Gasteiger partial charge in [-0.1, -0.05) is 23.2 Å². The van der Waals surface area contributed by atoms with Crippen LogP contribution in [0.25, 0.3) is 16.8 Å². The molecule has 1 saturated carbocycles. The fourth-order valence-electron chi connectivity index (χ4n) is 3.85. The third kappa shape index (κ3) is 5.43. The Labute approximate surface area is 223 Å². The van der Waals surface area contributed by atoms with Crippen LogP contribution < -0.4 is 5.32 Å². The Morgan fingerprint density at radius 2 is 1.46 bits per heavy atom. The van der Waals surface area contributed by atoms with Crippen molar-refractivity contribution in [1.29, 1.82) is 0 Å². The number of nitrogens with zero attached hydrogens (tertiary/aromatic N) is 1. The molecule has 210 valence electrons. The molecule has 1 N–H and O–H groups in total. The first-order chi connectivity index (χ1) is 17.8. The standard InChI is InChI=1S/C24H14Cl2F10N2O/c25-17-4-3-14(9-15(17)20(39)37-13-1-2-13)38-6-5-11(10-38)19-16(22(28,29)30)7-12(8-18(19)26)21(27,23(31,32)33)24(34,35)36/h3-10,13H,1-2H2,(H,37,39). The molecule has 0 radical (unpaired) electrons. The average Bonchev–Trinajstić information content (AvgIpc) is 3.48. The predicted octanol–water partition coefficient (Wildman–Crippen LogP) is 8.65. The molecule has 1 amide bonds. The molecule has 1 fully saturated rings. The molecule has 1 aliphatic carbocycles. The molecule has 1 aromatic heterocycles. The lowest BCUT2D eigenvalue weighted by Crippen LogP contribution is -2.50. The zero-order valence-electron chi connectivity index (χ0n) is 19.0. The third-order valence-electron chi connectivity index (χ3n) is 5.96. The zero-order valence-corrected chi connectivity index (χ0v) is 20.5. The summed E-state index contributed by atoms with van der Waals surface area (Å²) in [4.78, 5) is 12.4. The summed E-state index contributed by atoms with van der Waals surface area (Å²) in [6.07, 6.45) is -14.9. The quantitative estimate of drug-likeness (QED) is 0.290. The minimum Gasteiger partial charge on any atom is -0.349 e. The van der Waals surface area contributed by atoms with Crippen molar-refractivity contribution in [2.75, 3.05) is 0 Å². The SMILES string of the molecule is O=C(NC1CC1)c1cc(-n2ccc(-c3c(Cl)cc(C(F)(C(F)(F)F)C(F)(F)F)cc3C(F)(F)F)c2)ccc1Cl. The Kier molecular flexibility index (Phi) is 7.16. The van der Waals surface area contributed by atoms with Gasteiger partial charge in [-0.15, -0.1) is 0 Å². The molecule has 3 nitrogen and oxygen atoms in total. The number of carbonyl (C=O) groups excluding carboxylic acids is 1. The number of halogens is 12. The Bertz CT molecular complexity index is 1410. The van der Waals surface area contributed by atoms with Crippen LogP contribution in [0.4, 0.5) is 43.9 Å². The van der Waals surface area contributed by atoms with Gasteiger partial charge < -0.3 is 9.88 Å². The topological polar surface area (TPSA) is 34.0 Å². The van der Waals surface area contributed by atoms with Gasteiger partial charge in [-0.25, -0.2) is 4.39 Å². The number of hydrogen-bond acceptors (Lipinski definition) is 1. The van der Waals surface area contributed by atoms with Gasteiger partial charge in [0.15, 0.2) is 0 Å². The van der Waals surface area contributed by atoms with Gasteiger partial charge in [-0.2, -0.15) is 39.5 Å². The van der Waals surface area contributed by atoms with Gasteiger partial charge >= 0.3 is 24.2 Å². The van der Waals surface area contributed by atoms with Crippen molar-refractivity contribution >= 4 is 29.1 Å². The second-order valence-corrected chi connectivity index (χ2v) is 9.57. The Morgan fingerprint density at radius 1 is 0.846 bits per heavy atom. The van der Waals surface area contributed by atoms with Crippen LogP contribution in [-0.2, 0) is 11.8 Å². The number of carbonyl (C=O) groups is 1. The summed E-state index contributed by atoms with van der Waals surface area (Å²) in [5.41, 5.74) is -11.5. The molecular weight excluding hydrogens is 593 g/mol. The van der Waals surface area contributed by atoms with Gasteiger partial charge in [0.05, 0.1) is 16.1 Å². The van der Waals surface area contributed by atoms with Crippen molar-refractivity contribution < 1.29 is 48.7 Å². The molecule has 1 heterocycles. The summed E-state index contributed by atoms with van der Waals surface area (Å²) < 4.78 is 137. The molecule has 0 saturated heterocycles. The molecule has 15 heteroatoms. The van der Waals surface area contributed by atoms with Crippen LogP contribution in [-0.4, -0.2) is 28.9 Å². The summed E-state index contributed by atoms with van der Waals surface area (Å²) in [5.74, 6) is -0.487. The van der Waals surface area contributed by atoms with Crippen LogP contribution in [0.5, 0.6) is 0 Å². The van der Waals surface area contributed by atoms with E-state index in [4.69, 9.17) is 23.2 Å². The minimum absolute atomic E-state index is 0.000875. The number of nitrogens with one attached hydrogen (secondary N) is 1. The van der Waals surface area contributed by atoms with Crippen LogP contribution in [0.1, 0.15) is 34.3 Å². The van der Waals surface area contributed by atoms with Gasteiger partial charge in [0.25, 0.3) is 5.91 Å².